The zero-order chi connectivity index (χ0) is 16.3. The number of nitrogens with zero attached hydrogens (tertiary/aromatic N) is 1. The maximum atomic E-state index is 12.0. The Morgan fingerprint density at radius 2 is 2.18 bits per heavy atom. The molecule has 2 rings (SSSR count). The van der Waals surface area contributed by atoms with Crippen molar-refractivity contribution in [3.05, 3.63) is 33.0 Å². The fourth-order valence-corrected chi connectivity index (χ4v) is 2.84. The lowest BCUT2D eigenvalue weighted by Crippen LogP contribution is -2.36. The van der Waals surface area contributed by atoms with Crippen molar-refractivity contribution in [2.75, 3.05) is 13.2 Å². The van der Waals surface area contributed by atoms with Crippen molar-refractivity contribution >= 4 is 51.0 Å². The second-order valence-electron chi connectivity index (χ2n) is 4.25. The van der Waals surface area contributed by atoms with Gasteiger partial charge in [-0.2, -0.15) is 13.2 Å². The van der Waals surface area contributed by atoms with Crippen LogP contribution in [0.5, 0.6) is 5.75 Å². The fourth-order valence-electron chi connectivity index (χ4n) is 1.67. The van der Waals surface area contributed by atoms with Crippen molar-refractivity contribution in [1.29, 1.82) is 0 Å². The first-order valence-corrected chi connectivity index (χ1v) is 7.42. The predicted octanol–water partition coefficient (Wildman–Crippen LogP) is 3.55. The average Bonchev–Trinajstić information content (AvgIpc) is 2.44. The van der Waals surface area contributed by atoms with E-state index in [-0.39, 0.29) is 0 Å². The summed E-state index contributed by atoms with van der Waals surface area (Å²) in [5.41, 5.74) is 0.447. The minimum Gasteiger partial charge on any atom is -0.480 e. The SMILES string of the molecule is O=C(COc1c(I)cc(Cl)c2cccnc12)NCC(F)(F)F. The van der Waals surface area contributed by atoms with Crippen LogP contribution in [0.2, 0.25) is 5.02 Å². The largest absolute Gasteiger partial charge is 0.480 e. The Bertz CT molecular complexity index is 709. The second-order valence-corrected chi connectivity index (χ2v) is 5.82. The molecule has 0 aliphatic carbocycles. The summed E-state index contributed by atoms with van der Waals surface area (Å²) in [6.07, 6.45) is -2.93. The molecule has 1 amide bonds. The number of carbonyl (C=O) groups is 1. The molecule has 0 saturated carbocycles. The van der Waals surface area contributed by atoms with Crippen LogP contribution < -0.4 is 10.1 Å². The number of hydrogen-bond donors (Lipinski definition) is 1. The molecule has 1 aromatic heterocycles. The number of nitrogens with one attached hydrogen (secondary N) is 1. The zero-order valence-electron chi connectivity index (χ0n) is 10.9. The first kappa shape index (κ1) is 17.1. The highest BCUT2D eigenvalue weighted by atomic mass is 127. The lowest BCUT2D eigenvalue weighted by atomic mass is 10.2. The third kappa shape index (κ3) is 4.35. The van der Waals surface area contributed by atoms with Gasteiger partial charge in [0.25, 0.3) is 5.91 Å². The lowest BCUT2D eigenvalue weighted by molar-refractivity contribution is -0.139. The van der Waals surface area contributed by atoms with Crippen LogP contribution in [0.1, 0.15) is 0 Å². The molecule has 1 heterocycles. The van der Waals surface area contributed by atoms with Crippen molar-refractivity contribution in [3.8, 4) is 5.75 Å². The monoisotopic (exact) mass is 444 g/mol. The lowest BCUT2D eigenvalue weighted by Gasteiger charge is -2.12. The summed E-state index contributed by atoms with van der Waals surface area (Å²) >= 11 is 8.05. The second kappa shape index (κ2) is 6.86. The zero-order valence-corrected chi connectivity index (χ0v) is 13.8. The van der Waals surface area contributed by atoms with Gasteiger partial charge < -0.3 is 10.1 Å². The van der Waals surface area contributed by atoms with Gasteiger partial charge in [-0.05, 0) is 40.8 Å². The quantitative estimate of drug-likeness (QED) is 0.734. The number of aromatic nitrogens is 1. The number of alkyl halides is 3. The number of ether oxygens (including phenoxy) is 1. The molecule has 1 aromatic carbocycles. The molecule has 0 aliphatic heterocycles. The third-order valence-corrected chi connectivity index (χ3v) is 3.70. The maximum absolute atomic E-state index is 12.0. The fraction of sp³-hybridized carbons (Fsp3) is 0.231. The summed E-state index contributed by atoms with van der Waals surface area (Å²) in [7, 11) is 0. The molecule has 118 valence electrons. The van der Waals surface area contributed by atoms with E-state index in [2.05, 4.69) is 4.98 Å². The standard InChI is InChI=1S/C13H9ClF3IN2O2/c14-8-4-9(18)12(11-7(8)2-1-3-19-11)22-5-10(21)20-6-13(15,16)17/h1-4H,5-6H2,(H,20,21). The van der Waals surface area contributed by atoms with E-state index in [1.54, 1.807) is 23.5 Å². The van der Waals surface area contributed by atoms with E-state index >= 15 is 0 Å². The van der Waals surface area contributed by atoms with Crippen LogP contribution in [-0.4, -0.2) is 30.2 Å². The summed E-state index contributed by atoms with van der Waals surface area (Å²) < 4.78 is 42.0. The highest BCUT2D eigenvalue weighted by Crippen LogP contribution is 2.34. The summed E-state index contributed by atoms with van der Waals surface area (Å²) in [6.45, 7) is -1.94. The van der Waals surface area contributed by atoms with Crippen molar-refractivity contribution in [3.63, 3.8) is 0 Å². The Morgan fingerprint density at radius 1 is 1.45 bits per heavy atom. The Kier molecular flexibility index (Phi) is 5.32. The molecule has 4 nitrogen and oxygen atoms in total. The number of fused-ring (bicyclic) bond motifs is 1. The van der Waals surface area contributed by atoms with E-state index in [0.717, 1.165) is 0 Å². The van der Waals surface area contributed by atoms with Gasteiger partial charge >= 0.3 is 6.18 Å². The van der Waals surface area contributed by atoms with Crippen LogP contribution in [0.25, 0.3) is 10.9 Å². The topological polar surface area (TPSA) is 51.2 Å². The molecule has 0 unspecified atom stereocenters. The first-order chi connectivity index (χ1) is 10.3. The van der Waals surface area contributed by atoms with Crippen LogP contribution >= 0.6 is 34.2 Å². The number of benzene rings is 1. The first-order valence-electron chi connectivity index (χ1n) is 5.97. The van der Waals surface area contributed by atoms with E-state index in [1.165, 1.54) is 6.20 Å². The van der Waals surface area contributed by atoms with Gasteiger partial charge in [0.1, 0.15) is 12.1 Å². The molecule has 1 N–H and O–H groups in total. The van der Waals surface area contributed by atoms with Crippen molar-refractivity contribution in [2.24, 2.45) is 0 Å². The van der Waals surface area contributed by atoms with Gasteiger partial charge in [0.2, 0.25) is 0 Å². The molecule has 0 spiro atoms. The summed E-state index contributed by atoms with van der Waals surface area (Å²) in [5.74, 6) is -0.560. The van der Waals surface area contributed by atoms with Crippen molar-refractivity contribution in [1.82, 2.24) is 10.3 Å². The van der Waals surface area contributed by atoms with Crippen LogP contribution in [0.4, 0.5) is 13.2 Å². The number of pyridine rings is 1. The molecule has 0 aliphatic rings. The Labute approximate surface area is 142 Å². The number of hydrogen-bond acceptors (Lipinski definition) is 3. The Morgan fingerprint density at radius 3 is 2.86 bits per heavy atom. The Hall–Kier alpha value is -1.29. The highest BCUT2D eigenvalue weighted by Gasteiger charge is 2.27. The molecule has 0 fully saturated rings. The summed E-state index contributed by atoms with van der Waals surface area (Å²) in [6, 6.07) is 5.06. The molecular formula is C13H9ClF3IN2O2. The normalized spacial score (nSPS) is 11.5. The van der Waals surface area contributed by atoms with E-state index in [9.17, 15) is 18.0 Å². The number of halogens is 5. The minimum absolute atomic E-state index is 0.308. The van der Waals surface area contributed by atoms with Gasteiger partial charge in [-0.25, -0.2) is 0 Å². The van der Waals surface area contributed by atoms with Crippen molar-refractivity contribution in [2.45, 2.75) is 6.18 Å². The molecule has 0 radical (unpaired) electrons. The minimum atomic E-state index is -4.46. The van der Waals surface area contributed by atoms with Crippen LogP contribution in [0, 0.1) is 3.57 Å². The molecule has 9 heteroatoms. The van der Waals surface area contributed by atoms with Gasteiger partial charge in [-0.1, -0.05) is 11.6 Å². The van der Waals surface area contributed by atoms with E-state index in [4.69, 9.17) is 16.3 Å². The van der Waals surface area contributed by atoms with Gasteiger partial charge in [0, 0.05) is 11.6 Å². The molecule has 0 atom stereocenters. The molecular weight excluding hydrogens is 436 g/mol. The number of amides is 1. The van der Waals surface area contributed by atoms with Crippen LogP contribution in [0.3, 0.4) is 0 Å². The van der Waals surface area contributed by atoms with Gasteiger partial charge in [-0.3, -0.25) is 9.78 Å². The predicted molar refractivity (Wildman–Crippen MR) is 84.0 cm³/mol. The van der Waals surface area contributed by atoms with Crippen LogP contribution in [0.15, 0.2) is 24.4 Å². The summed E-state index contributed by atoms with van der Waals surface area (Å²) in [4.78, 5) is 15.5. The molecule has 2 aromatic rings. The number of rotatable bonds is 4. The van der Waals surface area contributed by atoms with E-state index in [1.807, 2.05) is 22.6 Å². The van der Waals surface area contributed by atoms with E-state index < -0.39 is 25.2 Å². The number of carbonyl (C=O) groups excluding carboxylic acids is 1. The Balaban J connectivity index is 2.14. The average molecular weight is 445 g/mol. The van der Waals surface area contributed by atoms with Gasteiger partial charge in [0.05, 0.1) is 8.59 Å². The van der Waals surface area contributed by atoms with Crippen LogP contribution in [-0.2, 0) is 4.79 Å². The smallest absolute Gasteiger partial charge is 0.405 e. The maximum Gasteiger partial charge on any atom is 0.405 e. The molecule has 0 bridgehead atoms. The highest BCUT2D eigenvalue weighted by molar-refractivity contribution is 14.1. The van der Waals surface area contributed by atoms with Gasteiger partial charge in [0.15, 0.2) is 12.4 Å². The third-order valence-electron chi connectivity index (χ3n) is 2.58. The molecule has 0 saturated heterocycles. The summed E-state index contributed by atoms with van der Waals surface area (Å²) in [5, 5.41) is 2.84. The van der Waals surface area contributed by atoms with E-state index in [0.29, 0.717) is 25.2 Å². The molecule has 22 heavy (non-hydrogen) atoms. The van der Waals surface area contributed by atoms with Crippen molar-refractivity contribution < 1.29 is 22.7 Å². The van der Waals surface area contributed by atoms with Gasteiger partial charge in [-0.15, -0.1) is 0 Å².